The number of piperidine rings is 1. The molecule has 0 bridgehead atoms. The Bertz CT molecular complexity index is 860. The molecule has 148 valence electrons. The Hall–Kier alpha value is -1.74. The fraction of sp³-hybridized carbons (Fsp3) is 0.611. The summed E-state index contributed by atoms with van der Waals surface area (Å²) in [6.07, 6.45) is 0.307. The maximum absolute atomic E-state index is 13.3. The standard InChI is InChI=1S/C18H22F2N2O4S/c1-11-14-10-13(27(24,25)22-8-6-18(19,20)7-9-22)4-5-15(14)26-16(11)17(23)21-12-2-3-12/h4-5,10-12,16H,2-3,6-9H2,1H3,(H,21,23). The van der Waals surface area contributed by atoms with Gasteiger partial charge in [-0.3, -0.25) is 4.79 Å². The van der Waals surface area contributed by atoms with Crippen LogP contribution in [0.25, 0.3) is 0 Å². The van der Waals surface area contributed by atoms with Crippen LogP contribution < -0.4 is 10.1 Å². The molecule has 1 aliphatic carbocycles. The van der Waals surface area contributed by atoms with Gasteiger partial charge in [0.1, 0.15) is 5.75 Å². The highest BCUT2D eigenvalue weighted by molar-refractivity contribution is 7.89. The van der Waals surface area contributed by atoms with Crippen molar-refractivity contribution >= 4 is 15.9 Å². The van der Waals surface area contributed by atoms with Gasteiger partial charge in [-0.15, -0.1) is 0 Å². The second-order valence-corrected chi connectivity index (χ2v) is 9.51. The molecule has 3 aliphatic rings. The van der Waals surface area contributed by atoms with E-state index in [1.807, 2.05) is 6.92 Å². The highest BCUT2D eigenvalue weighted by atomic mass is 32.2. The molecule has 6 nitrogen and oxygen atoms in total. The lowest BCUT2D eigenvalue weighted by Gasteiger charge is -2.31. The Kier molecular flexibility index (Phi) is 4.42. The van der Waals surface area contributed by atoms with Crippen molar-refractivity contribution < 1.29 is 26.7 Å². The molecule has 1 N–H and O–H groups in total. The summed E-state index contributed by atoms with van der Waals surface area (Å²) in [6.45, 7) is 1.41. The first-order valence-corrected chi connectivity index (χ1v) is 10.6. The normalized spacial score (nSPS) is 27.7. The number of rotatable bonds is 4. The van der Waals surface area contributed by atoms with Gasteiger partial charge in [-0.25, -0.2) is 17.2 Å². The number of carbonyl (C=O) groups is 1. The van der Waals surface area contributed by atoms with Crippen LogP contribution in [0.2, 0.25) is 0 Å². The fourth-order valence-electron chi connectivity index (χ4n) is 3.55. The van der Waals surface area contributed by atoms with Crippen LogP contribution >= 0.6 is 0 Å². The number of ether oxygens (including phenoxy) is 1. The van der Waals surface area contributed by atoms with Gasteiger partial charge in [-0.05, 0) is 31.0 Å². The van der Waals surface area contributed by atoms with Crippen molar-refractivity contribution in [3.8, 4) is 5.75 Å². The maximum atomic E-state index is 13.3. The summed E-state index contributed by atoms with van der Waals surface area (Å²) in [5.74, 6) is -2.81. The number of nitrogens with zero attached hydrogens (tertiary/aromatic N) is 1. The molecule has 4 rings (SSSR count). The molecule has 27 heavy (non-hydrogen) atoms. The Morgan fingerprint density at radius 3 is 2.56 bits per heavy atom. The van der Waals surface area contributed by atoms with E-state index in [0.29, 0.717) is 11.3 Å². The van der Waals surface area contributed by atoms with Gasteiger partial charge in [0.15, 0.2) is 6.10 Å². The monoisotopic (exact) mass is 400 g/mol. The summed E-state index contributed by atoms with van der Waals surface area (Å²) in [5, 5.41) is 2.90. The van der Waals surface area contributed by atoms with Crippen molar-refractivity contribution in [2.75, 3.05) is 13.1 Å². The van der Waals surface area contributed by atoms with Crippen LogP contribution in [0, 0.1) is 0 Å². The molecule has 2 fully saturated rings. The summed E-state index contributed by atoms with van der Waals surface area (Å²) < 4.78 is 59.2. The molecule has 2 aliphatic heterocycles. The third kappa shape index (κ3) is 3.54. The van der Waals surface area contributed by atoms with E-state index in [1.165, 1.54) is 12.1 Å². The zero-order valence-corrected chi connectivity index (χ0v) is 15.8. The highest BCUT2D eigenvalue weighted by Crippen LogP contribution is 2.40. The average molecular weight is 400 g/mol. The van der Waals surface area contributed by atoms with Gasteiger partial charge in [0.2, 0.25) is 10.0 Å². The topological polar surface area (TPSA) is 75.7 Å². The van der Waals surface area contributed by atoms with Crippen LogP contribution in [0.1, 0.15) is 44.1 Å². The van der Waals surface area contributed by atoms with E-state index in [2.05, 4.69) is 5.32 Å². The zero-order chi connectivity index (χ0) is 19.4. The predicted molar refractivity (Wildman–Crippen MR) is 93.4 cm³/mol. The third-order valence-corrected chi connectivity index (χ3v) is 7.35. The minimum Gasteiger partial charge on any atom is -0.480 e. The number of hydrogen-bond acceptors (Lipinski definition) is 4. The molecule has 0 radical (unpaired) electrons. The van der Waals surface area contributed by atoms with Gasteiger partial charge in [-0.1, -0.05) is 6.92 Å². The number of fused-ring (bicyclic) bond motifs is 1. The summed E-state index contributed by atoms with van der Waals surface area (Å²) >= 11 is 0. The van der Waals surface area contributed by atoms with Crippen LogP contribution in [-0.4, -0.2) is 49.8 Å². The number of alkyl halides is 2. The molecule has 1 amide bonds. The number of amides is 1. The Balaban J connectivity index is 1.54. The van der Waals surface area contributed by atoms with Gasteiger partial charge >= 0.3 is 0 Å². The van der Waals surface area contributed by atoms with Crippen LogP contribution in [0.3, 0.4) is 0 Å². The Labute approximate surface area is 156 Å². The summed E-state index contributed by atoms with van der Waals surface area (Å²) in [7, 11) is -3.86. The minimum atomic E-state index is -3.86. The molecular weight excluding hydrogens is 378 g/mol. The first-order valence-electron chi connectivity index (χ1n) is 9.16. The van der Waals surface area contributed by atoms with Crippen LogP contribution in [-0.2, 0) is 14.8 Å². The second kappa shape index (κ2) is 6.41. The number of halogens is 2. The van der Waals surface area contributed by atoms with Crippen LogP contribution in [0.5, 0.6) is 5.75 Å². The predicted octanol–water partition coefficient (Wildman–Crippen LogP) is 2.25. The Morgan fingerprint density at radius 1 is 1.26 bits per heavy atom. The summed E-state index contributed by atoms with van der Waals surface area (Å²) in [4.78, 5) is 12.4. The van der Waals surface area contributed by atoms with Crippen LogP contribution in [0.15, 0.2) is 23.1 Å². The highest BCUT2D eigenvalue weighted by Gasteiger charge is 2.41. The van der Waals surface area contributed by atoms with E-state index >= 15 is 0 Å². The largest absolute Gasteiger partial charge is 0.480 e. The number of benzene rings is 1. The molecule has 1 saturated heterocycles. The number of hydrogen-bond donors (Lipinski definition) is 1. The van der Waals surface area contributed by atoms with E-state index in [4.69, 9.17) is 4.74 Å². The fourth-order valence-corrected chi connectivity index (χ4v) is 5.02. The van der Waals surface area contributed by atoms with E-state index in [0.717, 1.165) is 17.1 Å². The van der Waals surface area contributed by atoms with Crippen molar-refractivity contribution in [1.82, 2.24) is 9.62 Å². The van der Waals surface area contributed by atoms with Crippen molar-refractivity contribution in [2.45, 2.75) is 61.5 Å². The lowest BCUT2D eigenvalue weighted by molar-refractivity contribution is -0.128. The molecule has 1 aromatic rings. The molecule has 0 aromatic heterocycles. The van der Waals surface area contributed by atoms with Gasteiger partial charge in [-0.2, -0.15) is 4.31 Å². The van der Waals surface area contributed by atoms with E-state index in [9.17, 15) is 22.0 Å². The number of nitrogens with one attached hydrogen (secondary N) is 1. The van der Waals surface area contributed by atoms with Gasteiger partial charge in [0, 0.05) is 43.5 Å². The molecular formula is C18H22F2N2O4S. The summed E-state index contributed by atoms with van der Waals surface area (Å²) in [6, 6.07) is 4.67. The van der Waals surface area contributed by atoms with Crippen molar-refractivity contribution in [3.63, 3.8) is 0 Å². The van der Waals surface area contributed by atoms with E-state index in [1.54, 1.807) is 6.07 Å². The number of carbonyl (C=O) groups excluding carboxylic acids is 1. The van der Waals surface area contributed by atoms with Crippen molar-refractivity contribution in [2.24, 2.45) is 0 Å². The molecule has 2 atom stereocenters. The number of sulfonamides is 1. The molecule has 1 aromatic carbocycles. The molecule has 1 saturated carbocycles. The molecule has 0 spiro atoms. The lowest BCUT2D eigenvalue weighted by Crippen LogP contribution is -2.42. The zero-order valence-electron chi connectivity index (χ0n) is 15.0. The molecule has 2 unspecified atom stereocenters. The molecule has 9 heteroatoms. The first-order chi connectivity index (χ1) is 12.7. The summed E-state index contributed by atoms with van der Waals surface area (Å²) in [5.41, 5.74) is 0.648. The quantitative estimate of drug-likeness (QED) is 0.841. The van der Waals surface area contributed by atoms with Crippen molar-refractivity contribution in [3.05, 3.63) is 23.8 Å². The SMILES string of the molecule is CC1c2cc(S(=O)(=O)N3CCC(F)(F)CC3)ccc2OC1C(=O)NC1CC1. The van der Waals surface area contributed by atoms with Crippen molar-refractivity contribution in [1.29, 1.82) is 0 Å². The molecule has 2 heterocycles. The second-order valence-electron chi connectivity index (χ2n) is 7.57. The Morgan fingerprint density at radius 2 is 1.93 bits per heavy atom. The third-order valence-electron chi connectivity index (χ3n) is 5.45. The van der Waals surface area contributed by atoms with E-state index < -0.39 is 34.9 Å². The van der Waals surface area contributed by atoms with Gasteiger partial charge in [0.05, 0.1) is 4.90 Å². The minimum absolute atomic E-state index is 0.0465. The first kappa shape index (κ1) is 18.6. The maximum Gasteiger partial charge on any atom is 0.261 e. The van der Waals surface area contributed by atoms with E-state index in [-0.39, 0.29) is 35.9 Å². The van der Waals surface area contributed by atoms with Gasteiger partial charge in [0.25, 0.3) is 11.8 Å². The van der Waals surface area contributed by atoms with Crippen LogP contribution in [0.4, 0.5) is 8.78 Å². The smallest absolute Gasteiger partial charge is 0.261 e. The lowest BCUT2D eigenvalue weighted by atomic mass is 9.97. The average Bonchev–Trinajstić information content (AvgIpc) is 3.36. The van der Waals surface area contributed by atoms with Gasteiger partial charge < -0.3 is 10.1 Å².